The van der Waals surface area contributed by atoms with Crippen molar-refractivity contribution in [3.05, 3.63) is 22.4 Å². The van der Waals surface area contributed by atoms with Gasteiger partial charge in [0.05, 0.1) is 0 Å². The van der Waals surface area contributed by atoms with Gasteiger partial charge in [-0.25, -0.2) is 0 Å². The summed E-state index contributed by atoms with van der Waals surface area (Å²) in [5.74, 6) is 0.810. The third-order valence-corrected chi connectivity index (χ3v) is 3.69. The molecule has 1 heterocycles. The number of hydrogen-bond donors (Lipinski definition) is 2. The molecule has 1 atom stereocenters. The van der Waals surface area contributed by atoms with Crippen LogP contribution < -0.4 is 10.6 Å². The van der Waals surface area contributed by atoms with Gasteiger partial charge in [-0.05, 0) is 44.6 Å². The molecule has 1 aromatic rings. The fourth-order valence-electron chi connectivity index (χ4n) is 1.87. The van der Waals surface area contributed by atoms with Crippen LogP contribution in [0.15, 0.2) is 22.5 Å². The number of thiophene rings is 1. The number of nitrogens with zero attached hydrogens (tertiary/aromatic N) is 1. The molecule has 6 heteroatoms. The number of nitrogens with one attached hydrogen (secondary N) is 2. The maximum atomic E-state index is 11.7. The molecule has 0 spiro atoms. The second kappa shape index (κ2) is 8.78. The largest absolute Gasteiger partial charge is 0.459 e. The lowest BCUT2D eigenvalue weighted by Gasteiger charge is -2.20. The second-order valence-corrected chi connectivity index (χ2v) is 7.31. The van der Waals surface area contributed by atoms with Gasteiger partial charge in [0.25, 0.3) is 0 Å². The number of esters is 1. The van der Waals surface area contributed by atoms with Crippen molar-refractivity contribution in [3.63, 3.8) is 0 Å². The molecule has 1 aromatic heterocycles. The van der Waals surface area contributed by atoms with E-state index in [2.05, 4.69) is 40.1 Å². The molecule has 0 saturated heterocycles. The number of guanidine groups is 1. The lowest BCUT2D eigenvalue weighted by molar-refractivity contribution is -0.153. The molecule has 0 aromatic carbocycles. The zero-order valence-electron chi connectivity index (χ0n) is 14.1. The van der Waals surface area contributed by atoms with E-state index < -0.39 is 5.60 Å². The van der Waals surface area contributed by atoms with Crippen LogP contribution in [0.2, 0.25) is 0 Å². The number of carbonyl (C=O) groups is 1. The van der Waals surface area contributed by atoms with Gasteiger partial charge in [0.15, 0.2) is 5.96 Å². The van der Waals surface area contributed by atoms with Crippen molar-refractivity contribution in [1.82, 2.24) is 10.6 Å². The van der Waals surface area contributed by atoms with Crippen LogP contribution in [0.4, 0.5) is 0 Å². The molecule has 0 aliphatic heterocycles. The molecule has 22 heavy (non-hydrogen) atoms. The molecule has 0 aliphatic rings. The summed E-state index contributed by atoms with van der Waals surface area (Å²) in [4.78, 5) is 17.2. The highest BCUT2D eigenvalue weighted by Gasteiger charge is 2.16. The van der Waals surface area contributed by atoms with Crippen LogP contribution in [0, 0.1) is 5.92 Å². The van der Waals surface area contributed by atoms with Gasteiger partial charge < -0.3 is 15.4 Å². The van der Waals surface area contributed by atoms with Crippen molar-refractivity contribution < 1.29 is 9.53 Å². The smallest absolute Gasteiger partial charge is 0.325 e. The summed E-state index contributed by atoms with van der Waals surface area (Å²) in [5.41, 5.74) is -0.467. The fourth-order valence-corrected chi connectivity index (χ4v) is 2.74. The van der Waals surface area contributed by atoms with E-state index >= 15 is 0 Å². The average Bonchev–Trinajstić information content (AvgIpc) is 2.89. The van der Waals surface area contributed by atoms with Gasteiger partial charge in [0.2, 0.25) is 0 Å². The fraction of sp³-hybridized carbons (Fsp3) is 0.625. The summed E-state index contributed by atoms with van der Waals surface area (Å²) in [7, 11) is 1.69. The van der Waals surface area contributed by atoms with Gasteiger partial charge in [0.1, 0.15) is 12.1 Å². The molecule has 0 amide bonds. The Hall–Kier alpha value is -1.56. The van der Waals surface area contributed by atoms with Crippen molar-refractivity contribution in [2.75, 3.05) is 20.1 Å². The second-order valence-electron chi connectivity index (χ2n) is 6.28. The zero-order valence-corrected chi connectivity index (χ0v) is 14.9. The van der Waals surface area contributed by atoms with Gasteiger partial charge in [-0.2, -0.15) is 0 Å². The van der Waals surface area contributed by atoms with Crippen LogP contribution in [-0.2, 0) is 16.0 Å². The summed E-state index contributed by atoms with van der Waals surface area (Å²) < 4.78 is 5.25. The molecular weight excluding hydrogens is 298 g/mol. The zero-order chi connectivity index (χ0) is 16.6. The van der Waals surface area contributed by atoms with Gasteiger partial charge in [0, 0.05) is 18.5 Å². The lowest BCUT2D eigenvalue weighted by Crippen LogP contribution is -2.43. The number of carbonyl (C=O) groups excluding carboxylic acids is 1. The van der Waals surface area contributed by atoms with Crippen molar-refractivity contribution in [2.24, 2.45) is 10.9 Å². The predicted octanol–water partition coefficient (Wildman–Crippen LogP) is 2.43. The van der Waals surface area contributed by atoms with Crippen LogP contribution >= 0.6 is 11.3 Å². The maximum Gasteiger partial charge on any atom is 0.325 e. The summed E-state index contributed by atoms with van der Waals surface area (Å²) in [6.07, 6.45) is 1.04. The molecule has 0 aliphatic carbocycles. The highest BCUT2D eigenvalue weighted by Crippen LogP contribution is 2.13. The molecule has 1 rings (SSSR count). The van der Waals surface area contributed by atoms with Gasteiger partial charge in [-0.1, -0.05) is 13.0 Å². The van der Waals surface area contributed by atoms with Crippen molar-refractivity contribution in [1.29, 1.82) is 0 Å². The Morgan fingerprint density at radius 1 is 1.41 bits per heavy atom. The molecule has 0 fully saturated rings. The summed E-state index contributed by atoms with van der Waals surface area (Å²) in [6.45, 7) is 8.65. The summed E-state index contributed by atoms with van der Waals surface area (Å²) in [5, 5.41) is 8.30. The normalized spacial score (nSPS) is 13.6. The average molecular weight is 325 g/mol. The first-order chi connectivity index (χ1) is 10.3. The molecule has 2 N–H and O–H groups in total. The minimum Gasteiger partial charge on any atom is -0.459 e. The number of ether oxygens (including phenoxy) is 1. The summed E-state index contributed by atoms with van der Waals surface area (Å²) >= 11 is 1.78. The Kier molecular flexibility index (Phi) is 7.38. The molecular formula is C16H27N3O2S. The predicted molar refractivity (Wildman–Crippen MR) is 92.4 cm³/mol. The molecule has 0 radical (unpaired) electrons. The summed E-state index contributed by atoms with van der Waals surface area (Å²) in [6, 6.07) is 4.22. The van der Waals surface area contributed by atoms with Crippen LogP contribution in [0.3, 0.4) is 0 Å². The van der Waals surface area contributed by atoms with Crippen molar-refractivity contribution >= 4 is 23.3 Å². The van der Waals surface area contributed by atoms with E-state index in [9.17, 15) is 4.79 Å². The maximum absolute atomic E-state index is 11.7. The highest BCUT2D eigenvalue weighted by atomic mass is 32.1. The van der Waals surface area contributed by atoms with E-state index in [-0.39, 0.29) is 12.5 Å². The van der Waals surface area contributed by atoms with E-state index in [1.807, 2.05) is 20.8 Å². The lowest BCUT2D eigenvalue weighted by atomic mass is 10.1. The van der Waals surface area contributed by atoms with Gasteiger partial charge in [-0.3, -0.25) is 9.79 Å². The molecule has 5 nitrogen and oxygen atoms in total. The molecule has 0 bridgehead atoms. The van der Waals surface area contributed by atoms with Crippen LogP contribution in [0.5, 0.6) is 0 Å². The van der Waals surface area contributed by atoms with Gasteiger partial charge >= 0.3 is 5.97 Å². The van der Waals surface area contributed by atoms with Gasteiger partial charge in [-0.15, -0.1) is 11.3 Å². The Labute approximate surface area is 137 Å². The monoisotopic (exact) mass is 325 g/mol. The first-order valence-electron chi connectivity index (χ1n) is 7.49. The molecule has 124 valence electrons. The molecule has 1 unspecified atom stereocenters. The first kappa shape index (κ1) is 18.5. The third-order valence-electron chi connectivity index (χ3n) is 2.79. The minimum atomic E-state index is -0.467. The minimum absolute atomic E-state index is 0.107. The third kappa shape index (κ3) is 8.02. The Balaban J connectivity index is 2.29. The van der Waals surface area contributed by atoms with E-state index in [0.29, 0.717) is 11.9 Å². The highest BCUT2D eigenvalue weighted by molar-refractivity contribution is 7.09. The number of hydrogen-bond acceptors (Lipinski definition) is 4. The van der Waals surface area contributed by atoms with Crippen LogP contribution in [-0.4, -0.2) is 37.7 Å². The van der Waals surface area contributed by atoms with Crippen LogP contribution in [0.1, 0.15) is 32.6 Å². The number of rotatable bonds is 6. The first-order valence-corrected chi connectivity index (χ1v) is 8.37. The quantitative estimate of drug-likeness (QED) is 0.479. The Morgan fingerprint density at radius 2 is 2.14 bits per heavy atom. The van der Waals surface area contributed by atoms with E-state index in [1.165, 1.54) is 4.88 Å². The topological polar surface area (TPSA) is 62.7 Å². The standard InChI is InChI=1S/C16H27N3O2S/c1-12(9-13-7-6-8-22-13)10-18-15(17-5)19-11-14(20)21-16(2,3)4/h6-8,12H,9-11H2,1-5H3,(H2,17,18,19). The number of aliphatic imine (C=N–C) groups is 1. The van der Waals surface area contributed by atoms with Crippen LogP contribution in [0.25, 0.3) is 0 Å². The van der Waals surface area contributed by atoms with E-state index in [4.69, 9.17) is 4.74 Å². The van der Waals surface area contributed by atoms with E-state index in [1.54, 1.807) is 18.4 Å². The Bertz CT molecular complexity index is 478. The van der Waals surface area contributed by atoms with E-state index in [0.717, 1.165) is 13.0 Å². The SMILES string of the molecule is CN=C(NCC(=O)OC(C)(C)C)NCC(C)Cc1cccs1. The molecule has 0 saturated carbocycles. The Morgan fingerprint density at radius 3 is 2.68 bits per heavy atom. The van der Waals surface area contributed by atoms with Crippen molar-refractivity contribution in [2.45, 2.75) is 39.7 Å². The van der Waals surface area contributed by atoms with Crippen molar-refractivity contribution in [3.8, 4) is 0 Å².